The molecule has 0 unspecified atom stereocenters. The van der Waals surface area contributed by atoms with Crippen molar-refractivity contribution in [2.45, 2.75) is 32.5 Å². The van der Waals surface area contributed by atoms with Gasteiger partial charge in [0.1, 0.15) is 45.8 Å². The van der Waals surface area contributed by atoms with Crippen molar-refractivity contribution in [3.8, 4) is 23.3 Å². The molecule has 0 saturated heterocycles. The van der Waals surface area contributed by atoms with Crippen LogP contribution >= 0.6 is 0 Å². The average molecular weight is 893 g/mol. The first kappa shape index (κ1) is 42.9. The molecule has 8 aromatic rings. The maximum atomic E-state index is 13.2. The van der Waals surface area contributed by atoms with Crippen molar-refractivity contribution >= 4 is 28.4 Å². The van der Waals surface area contributed by atoms with Gasteiger partial charge in [-0.1, -0.05) is 48.5 Å². The number of phenolic OH excluding ortho intramolecular Hbond substituents is 1. The van der Waals surface area contributed by atoms with Crippen molar-refractivity contribution in [1.29, 1.82) is 0 Å². The predicted octanol–water partition coefficient (Wildman–Crippen LogP) is 8.96. The molecule has 3 aromatic heterocycles. The first-order valence-electron chi connectivity index (χ1n) is 20.5. The fourth-order valence-corrected chi connectivity index (χ4v) is 8.31. The minimum Gasteiger partial charge on any atom is -0.505 e. The Kier molecular flexibility index (Phi) is 11.3. The highest BCUT2D eigenvalue weighted by Crippen LogP contribution is 2.45. The van der Waals surface area contributed by atoms with Gasteiger partial charge in [-0.05, 0) is 107 Å². The second-order valence-corrected chi connectivity index (χ2v) is 15.9. The molecule has 0 saturated carbocycles. The van der Waals surface area contributed by atoms with E-state index in [0.29, 0.717) is 40.7 Å². The van der Waals surface area contributed by atoms with Crippen molar-refractivity contribution in [1.82, 2.24) is 19.4 Å². The van der Waals surface area contributed by atoms with Crippen LogP contribution in [0, 0.1) is 23.3 Å². The summed E-state index contributed by atoms with van der Waals surface area (Å²) in [4.78, 5) is 49.5. The molecule has 10 rings (SSSR count). The molecule has 15 heteroatoms. The quantitative estimate of drug-likeness (QED) is 0.121. The lowest BCUT2D eigenvalue weighted by Gasteiger charge is -2.15. The number of phenols is 1. The molecular formula is C51H36F4N4O7. The summed E-state index contributed by atoms with van der Waals surface area (Å²) in [7, 11) is 1.52. The second kappa shape index (κ2) is 17.3. The predicted molar refractivity (Wildman–Crippen MR) is 233 cm³/mol. The summed E-state index contributed by atoms with van der Waals surface area (Å²) < 4.78 is 59.5. The number of aromatic hydroxyl groups is 3. The lowest BCUT2D eigenvalue weighted by molar-refractivity contribution is 0.0764. The number of fused-ring (bicyclic) bond motifs is 4. The highest BCUT2D eigenvalue weighted by atomic mass is 19.1. The molecule has 0 bridgehead atoms. The smallest absolute Gasteiger partial charge is 0.258 e. The largest absolute Gasteiger partial charge is 0.505 e. The van der Waals surface area contributed by atoms with Crippen molar-refractivity contribution in [3.05, 3.63) is 212 Å². The van der Waals surface area contributed by atoms with Gasteiger partial charge in [-0.25, -0.2) is 17.6 Å². The molecule has 5 aromatic carbocycles. The molecule has 2 aliphatic rings. The number of pyridine rings is 2. The summed E-state index contributed by atoms with van der Waals surface area (Å²) in [5.41, 5.74) is 4.86. The molecule has 0 radical (unpaired) electrons. The van der Waals surface area contributed by atoms with Crippen LogP contribution in [0.2, 0.25) is 0 Å². The zero-order chi connectivity index (χ0) is 46.4. The molecular weight excluding hydrogens is 857 g/mol. The topological polar surface area (TPSA) is 155 Å². The summed E-state index contributed by atoms with van der Waals surface area (Å²) in [5.74, 6) is -3.91. The molecule has 0 fully saturated rings. The Hall–Kier alpha value is -8.33. The van der Waals surface area contributed by atoms with Gasteiger partial charge in [0.05, 0.1) is 36.9 Å². The van der Waals surface area contributed by atoms with Gasteiger partial charge in [-0.3, -0.25) is 28.9 Å². The van der Waals surface area contributed by atoms with Crippen LogP contribution in [0.1, 0.15) is 81.3 Å². The zero-order valence-corrected chi connectivity index (χ0v) is 34.9. The SMILES string of the molecule is COc1c2c(c(O)c3ncc(Cc4ccc(F)cc4)cc13)C(=O)N(Cc1ccc(F)cc1)C2.O=C1c2cc(Cc3ccc(F)cc3)cnc2C(=O)c2c1c(O)n(Cc1ccc(F)cc1)c2O. The minimum atomic E-state index is -0.682. The highest BCUT2D eigenvalue weighted by molar-refractivity contribution is 6.29. The summed E-state index contributed by atoms with van der Waals surface area (Å²) in [6.07, 6.45) is 3.97. The van der Waals surface area contributed by atoms with Crippen molar-refractivity contribution in [3.63, 3.8) is 0 Å². The standard InChI is InChI=1S/C26H20F2N2O3.C25H16F2N2O4/c1-33-25-20-11-17(10-15-2-6-18(27)7-3-15)12-29-23(20)24(31)22-21(25)14-30(26(22)32)13-16-4-8-19(28)9-5-16;26-16-5-1-13(2-6-16)9-15-10-18-21(28-11-15)23(31)20-19(22(18)30)24(32)29(25(20)33)12-14-3-7-17(27)8-4-14/h2-9,11-12,31H,10,13-14H2,1H3;1-8,10-11,32-33H,9,12H2. The van der Waals surface area contributed by atoms with E-state index in [1.54, 1.807) is 47.5 Å². The van der Waals surface area contributed by atoms with E-state index in [1.165, 1.54) is 80.0 Å². The number of benzene rings is 5. The Balaban J connectivity index is 0.000000166. The Bertz CT molecular complexity index is 3230. The Morgan fingerprint density at radius 2 is 1.05 bits per heavy atom. The molecule has 66 heavy (non-hydrogen) atoms. The number of amides is 1. The average Bonchev–Trinajstić information content (AvgIpc) is 3.77. The van der Waals surface area contributed by atoms with Gasteiger partial charge < -0.3 is 25.0 Å². The third-order valence-electron chi connectivity index (χ3n) is 11.5. The van der Waals surface area contributed by atoms with Crippen molar-refractivity contribution in [2.24, 2.45) is 0 Å². The zero-order valence-electron chi connectivity index (χ0n) is 34.9. The summed E-state index contributed by atoms with van der Waals surface area (Å²) in [5, 5.41) is 32.9. The van der Waals surface area contributed by atoms with Gasteiger partial charge in [0.15, 0.2) is 5.75 Å². The van der Waals surface area contributed by atoms with Crippen LogP contribution in [-0.2, 0) is 32.5 Å². The molecule has 11 nitrogen and oxygen atoms in total. The van der Waals surface area contributed by atoms with Crippen LogP contribution in [0.15, 0.2) is 122 Å². The summed E-state index contributed by atoms with van der Waals surface area (Å²) >= 11 is 0. The third kappa shape index (κ3) is 8.06. The number of hydrogen-bond donors (Lipinski definition) is 3. The third-order valence-corrected chi connectivity index (χ3v) is 11.5. The number of methoxy groups -OCH3 is 1. The van der Waals surface area contributed by atoms with E-state index in [2.05, 4.69) is 9.97 Å². The number of carbonyl (C=O) groups is 3. The molecule has 1 aliphatic heterocycles. The number of rotatable bonds is 9. The number of carbonyl (C=O) groups excluding carboxylic acids is 3. The molecule has 1 aliphatic carbocycles. The highest BCUT2D eigenvalue weighted by Gasteiger charge is 2.40. The van der Waals surface area contributed by atoms with E-state index >= 15 is 0 Å². The van der Waals surface area contributed by atoms with Crippen LogP contribution in [0.4, 0.5) is 17.6 Å². The maximum absolute atomic E-state index is 13.2. The van der Waals surface area contributed by atoms with E-state index in [9.17, 15) is 47.3 Å². The number of halogens is 4. The Labute approximate surface area is 373 Å². The Morgan fingerprint density at radius 3 is 1.58 bits per heavy atom. The van der Waals surface area contributed by atoms with Gasteiger partial charge in [-0.2, -0.15) is 0 Å². The molecule has 1 amide bonds. The van der Waals surface area contributed by atoms with E-state index in [-0.39, 0.29) is 82.2 Å². The van der Waals surface area contributed by atoms with Crippen LogP contribution in [-0.4, -0.2) is 59.3 Å². The first-order chi connectivity index (χ1) is 31.8. The van der Waals surface area contributed by atoms with Crippen LogP contribution in [0.3, 0.4) is 0 Å². The van der Waals surface area contributed by atoms with Gasteiger partial charge in [-0.15, -0.1) is 0 Å². The van der Waals surface area contributed by atoms with Crippen LogP contribution in [0.25, 0.3) is 10.9 Å². The molecule has 0 atom stereocenters. The van der Waals surface area contributed by atoms with Gasteiger partial charge in [0.25, 0.3) is 5.91 Å². The van der Waals surface area contributed by atoms with Gasteiger partial charge >= 0.3 is 0 Å². The van der Waals surface area contributed by atoms with Gasteiger partial charge in [0.2, 0.25) is 23.3 Å². The Morgan fingerprint density at radius 1 is 0.576 bits per heavy atom. The monoisotopic (exact) mass is 892 g/mol. The molecule has 0 spiro atoms. The number of ether oxygens (including phenoxy) is 1. The fraction of sp³-hybridized carbons (Fsp3) is 0.118. The second-order valence-electron chi connectivity index (χ2n) is 15.9. The number of ketones is 2. The lowest BCUT2D eigenvalue weighted by atomic mass is 9.88. The minimum absolute atomic E-state index is 0.0151. The van der Waals surface area contributed by atoms with E-state index in [0.717, 1.165) is 26.8 Å². The molecule has 330 valence electrons. The van der Waals surface area contributed by atoms with E-state index < -0.39 is 29.1 Å². The number of nitrogens with zero attached hydrogens (tertiary/aromatic N) is 4. The van der Waals surface area contributed by atoms with E-state index in [1.807, 2.05) is 6.07 Å². The van der Waals surface area contributed by atoms with E-state index in [4.69, 9.17) is 4.74 Å². The number of hydrogen-bond acceptors (Lipinski definition) is 9. The van der Waals surface area contributed by atoms with Crippen LogP contribution < -0.4 is 4.74 Å². The van der Waals surface area contributed by atoms with Crippen molar-refractivity contribution in [2.75, 3.05) is 7.11 Å². The normalized spacial score (nSPS) is 12.7. The lowest BCUT2D eigenvalue weighted by Crippen LogP contribution is -2.23. The number of aromatic nitrogens is 3. The molecule has 4 heterocycles. The van der Waals surface area contributed by atoms with Crippen molar-refractivity contribution < 1.29 is 52.0 Å². The summed E-state index contributed by atoms with van der Waals surface area (Å²) in [6.45, 7) is 0.446. The fourth-order valence-electron chi connectivity index (χ4n) is 8.31. The maximum Gasteiger partial charge on any atom is 0.258 e. The first-order valence-corrected chi connectivity index (χ1v) is 20.5. The molecule has 3 N–H and O–H groups in total. The van der Waals surface area contributed by atoms with Crippen LogP contribution in [0.5, 0.6) is 23.3 Å². The van der Waals surface area contributed by atoms with Gasteiger partial charge in [0, 0.05) is 29.9 Å². The summed E-state index contributed by atoms with van der Waals surface area (Å²) in [6, 6.07) is 26.8.